The van der Waals surface area contributed by atoms with Gasteiger partial charge in [-0.15, -0.1) is 0 Å². The Balaban J connectivity index is 2.12. The van der Waals surface area contributed by atoms with E-state index in [0.717, 1.165) is 25.3 Å². The van der Waals surface area contributed by atoms with Gasteiger partial charge in [0.25, 0.3) is 0 Å². The summed E-state index contributed by atoms with van der Waals surface area (Å²) in [5, 5.41) is 4.60. The Bertz CT molecular complexity index is 610. The van der Waals surface area contributed by atoms with Crippen LogP contribution in [0.15, 0.2) is 29.4 Å². The molecule has 94 valence electrons. The zero-order valence-electron chi connectivity index (χ0n) is 10.6. The van der Waals surface area contributed by atoms with Crippen molar-refractivity contribution in [2.24, 2.45) is 17.8 Å². The zero-order valence-corrected chi connectivity index (χ0v) is 10.6. The Kier molecular flexibility index (Phi) is 2.80. The fourth-order valence-electron chi connectivity index (χ4n) is 2.57. The number of aryl methyl sites for hydroxylation is 1. The largest absolute Gasteiger partial charge is 0.368 e. The van der Waals surface area contributed by atoms with Gasteiger partial charge >= 0.3 is 0 Å². The van der Waals surface area contributed by atoms with Crippen molar-refractivity contribution >= 4 is 16.7 Å². The van der Waals surface area contributed by atoms with Crippen LogP contribution in [0.25, 0.3) is 10.9 Å². The molecule has 1 aliphatic rings. The van der Waals surface area contributed by atoms with E-state index in [1.807, 2.05) is 0 Å². The summed E-state index contributed by atoms with van der Waals surface area (Å²) < 4.78 is 2.16. The molecule has 0 aliphatic carbocycles. The zero-order chi connectivity index (χ0) is 12.5. The lowest BCUT2D eigenvalue weighted by atomic mass is 10.1. The van der Waals surface area contributed by atoms with Gasteiger partial charge in [0, 0.05) is 36.3 Å². The van der Waals surface area contributed by atoms with E-state index >= 15 is 0 Å². The van der Waals surface area contributed by atoms with E-state index in [9.17, 15) is 0 Å². The van der Waals surface area contributed by atoms with Gasteiger partial charge in [-0.25, -0.2) is 0 Å². The molecule has 1 aliphatic heterocycles. The number of nitrogens with zero attached hydrogens (tertiary/aromatic N) is 2. The van der Waals surface area contributed by atoms with Crippen LogP contribution in [0.3, 0.4) is 0 Å². The maximum absolute atomic E-state index is 5.68. The fraction of sp³-hybridized carbons (Fsp3) is 0.357. The summed E-state index contributed by atoms with van der Waals surface area (Å²) in [6.07, 6.45) is 3.09. The molecule has 2 heterocycles. The second-order valence-corrected chi connectivity index (χ2v) is 4.69. The average molecular weight is 242 g/mol. The molecule has 0 spiro atoms. The van der Waals surface area contributed by atoms with Crippen molar-refractivity contribution in [2.45, 2.75) is 6.42 Å². The first-order chi connectivity index (χ1) is 8.79. The van der Waals surface area contributed by atoms with Crippen molar-refractivity contribution in [3.8, 4) is 0 Å². The van der Waals surface area contributed by atoms with Gasteiger partial charge in [0.05, 0.1) is 6.54 Å². The number of fused-ring (bicyclic) bond motifs is 1. The van der Waals surface area contributed by atoms with Crippen molar-refractivity contribution in [1.29, 1.82) is 0 Å². The number of hydrogen-bond donors (Lipinski definition) is 2. The molecule has 0 fully saturated rings. The maximum Gasteiger partial charge on any atom is 0.128 e. The molecule has 4 nitrogen and oxygen atoms in total. The smallest absolute Gasteiger partial charge is 0.128 e. The van der Waals surface area contributed by atoms with Gasteiger partial charge in [0.1, 0.15) is 5.84 Å². The summed E-state index contributed by atoms with van der Waals surface area (Å²) in [7, 11) is 2.08. The van der Waals surface area contributed by atoms with Crippen molar-refractivity contribution < 1.29 is 0 Å². The van der Waals surface area contributed by atoms with Crippen LogP contribution in [0.5, 0.6) is 0 Å². The molecule has 0 bridgehead atoms. The molecule has 1 aromatic heterocycles. The number of amidine groups is 1. The molecule has 2 aromatic rings. The quantitative estimate of drug-likeness (QED) is 0.844. The van der Waals surface area contributed by atoms with Gasteiger partial charge in [-0.2, -0.15) is 0 Å². The Morgan fingerprint density at radius 3 is 3.06 bits per heavy atom. The third-order valence-corrected chi connectivity index (χ3v) is 3.43. The molecule has 4 heteroatoms. The van der Waals surface area contributed by atoms with Crippen LogP contribution < -0.4 is 11.1 Å². The summed E-state index contributed by atoms with van der Waals surface area (Å²) >= 11 is 0. The topological polar surface area (TPSA) is 55.3 Å². The summed E-state index contributed by atoms with van der Waals surface area (Å²) in [5.74, 6) is 1.01. The summed E-state index contributed by atoms with van der Waals surface area (Å²) in [6, 6.07) is 6.51. The Morgan fingerprint density at radius 2 is 2.33 bits per heavy atom. The minimum atomic E-state index is 0.683. The molecular weight excluding hydrogens is 224 g/mol. The van der Waals surface area contributed by atoms with Gasteiger partial charge < -0.3 is 15.6 Å². The van der Waals surface area contributed by atoms with E-state index in [-0.39, 0.29) is 0 Å². The van der Waals surface area contributed by atoms with Crippen LogP contribution in [-0.2, 0) is 13.5 Å². The van der Waals surface area contributed by atoms with Gasteiger partial charge in [-0.05, 0) is 36.7 Å². The Hall–Kier alpha value is -1.81. The van der Waals surface area contributed by atoms with Crippen molar-refractivity contribution in [3.05, 3.63) is 35.5 Å². The second-order valence-electron chi connectivity index (χ2n) is 4.69. The lowest BCUT2D eigenvalue weighted by molar-refractivity contribution is 0.929. The van der Waals surface area contributed by atoms with Crippen LogP contribution in [0, 0.1) is 0 Å². The van der Waals surface area contributed by atoms with Gasteiger partial charge in [0.15, 0.2) is 0 Å². The third-order valence-electron chi connectivity index (χ3n) is 3.43. The van der Waals surface area contributed by atoms with Gasteiger partial charge in [0.2, 0.25) is 0 Å². The number of hydrogen-bond acceptors (Lipinski definition) is 3. The lowest BCUT2D eigenvalue weighted by Crippen LogP contribution is -2.19. The van der Waals surface area contributed by atoms with E-state index in [0.29, 0.717) is 6.54 Å². The minimum Gasteiger partial charge on any atom is -0.368 e. The van der Waals surface area contributed by atoms with E-state index in [4.69, 9.17) is 5.73 Å². The predicted octanol–water partition coefficient (Wildman–Crippen LogP) is 1.03. The fourth-order valence-corrected chi connectivity index (χ4v) is 2.57. The Labute approximate surface area is 107 Å². The maximum atomic E-state index is 5.68. The van der Waals surface area contributed by atoms with E-state index in [1.54, 1.807) is 0 Å². The molecular formula is C14H18N4. The van der Waals surface area contributed by atoms with Crippen LogP contribution in [0.1, 0.15) is 11.1 Å². The molecule has 0 atom stereocenters. The first kappa shape index (κ1) is 11.3. The van der Waals surface area contributed by atoms with Crippen LogP contribution in [0.4, 0.5) is 0 Å². The molecule has 1 aromatic carbocycles. The summed E-state index contributed by atoms with van der Waals surface area (Å²) in [5.41, 5.74) is 9.41. The number of benzene rings is 1. The van der Waals surface area contributed by atoms with Crippen LogP contribution in [0.2, 0.25) is 0 Å². The van der Waals surface area contributed by atoms with Crippen LogP contribution in [-0.4, -0.2) is 30.0 Å². The second kappa shape index (κ2) is 4.46. The van der Waals surface area contributed by atoms with Gasteiger partial charge in [-0.1, -0.05) is 0 Å². The number of aromatic nitrogens is 1. The van der Waals surface area contributed by atoms with E-state index < -0.39 is 0 Å². The molecule has 3 N–H and O–H groups in total. The van der Waals surface area contributed by atoms with Crippen molar-refractivity contribution in [3.63, 3.8) is 0 Å². The molecule has 18 heavy (non-hydrogen) atoms. The van der Waals surface area contributed by atoms with Crippen molar-refractivity contribution in [1.82, 2.24) is 9.88 Å². The number of aliphatic imine (C=N–C) groups is 1. The van der Waals surface area contributed by atoms with E-state index in [2.05, 4.69) is 46.3 Å². The molecule has 3 rings (SSSR count). The number of nitrogens with two attached hydrogens (primary N) is 1. The molecule has 0 amide bonds. The SMILES string of the molecule is Cn1cc(CCN)c2cc(C3=NCCN3)ccc21. The third kappa shape index (κ3) is 1.78. The lowest BCUT2D eigenvalue weighted by Gasteiger charge is -2.04. The number of rotatable bonds is 3. The highest BCUT2D eigenvalue weighted by atomic mass is 15.1. The molecule has 0 saturated heterocycles. The molecule has 0 saturated carbocycles. The first-order valence-corrected chi connectivity index (χ1v) is 6.36. The highest BCUT2D eigenvalue weighted by Gasteiger charge is 2.11. The van der Waals surface area contributed by atoms with Gasteiger partial charge in [-0.3, -0.25) is 4.99 Å². The van der Waals surface area contributed by atoms with E-state index in [1.165, 1.54) is 22.0 Å². The minimum absolute atomic E-state index is 0.683. The molecule has 0 radical (unpaired) electrons. The van der Waals surface area contributed by atoms with Crippen LogP contribution >= 0.6 is 0 Å². The monoisotopic (exact) mass is 242 g/mol. The predicted molar refractivity (Wildman–Crippen MR) is 75.1 cm³/mol. The number of nitrogens with one attached hydrogen (secondary N) is 1. The Morgan fingerprint density at radius 1 is 1.44 bits per heavy atom. The first-order valence-electron chi connectivity index (χ1n) is 6.36. The standard InChI is InChI=1S/C14H18N4/c1-18-9-11(4-5-15)12-8-10(2-3-13(12)18)14-16-6-7-17-14/h2-3,8-9H,4-7,15H2,1H3,(H,16,17). The average Bonchev–Trinajstić information content (AvgIpc) is 2.99. The summed E-state index contributed by atoms with van der Waals surface area (Å²) in [6.45, 7) is 2.50. The highest BCUT2D eigenvalue weighted by molar-refractivity contribution is 6.03. The molecule has 0 unspecified atom stereocenters. The summed E-state index contributed by atoms with van der Waals surface area (Å²) in [4.78, 5) is 4.47. The highest BCUT2D eigenvalue weighted by Crippen LogP contribution is 2.22. The van der Waals surface area contributed by atoms with Crippen molar-refractivity contribution in [2.75, 3.05) is 19.6 Å². The normalized spacial score (nSPS) is 14.9.